The maximum Gasteiger partial charge on any atom is 0.267 e. The average molecular weight is 254 g/mol. The topological polar surface area (TPSA) is 44.9 Å². The molecule has 3 nitrogen and oxygen atoms in total. The van der Waals surface area contributed by atoms with Gasteiger partial charge in [-0.2, -0.15) is 0 Å². The molecule has 0 aliphatic heterocycles. The van der Waals surface area contributed by atoms with Gasteiger partial charge in [-0.3, -0.25) is 4.79 Å². The van der Waals surface area contributed by atoms with Crippen LogP contribution in [0.5, 0.6) is 0 Å². The summed E-state index contributed by atoms with van der Waals surface area (Å²) in [7, 11) is 0. The molecule has 1 aliphatic carbocycles. The number of hydrogen-bond donors (Lipinski definition) is 2. The van der Waals surface area contributed by atoms with Gasteiger partial charge in [0.2, 0.25) is 0 Å². The highest BCUT2D eigenvalue weighted by Crippen LogP contribution is 2.43. The second-order valence-electron chi connectivity index (χ2n) is 5.27. The monoisotopic (exact) mass is 254 g/mol. The van der Waals surface area contributed by atoms with Crippen molar-refractivity contribution in [3.63, 3.8) is 0 Å². The number of carbonyl (C=O) groups is 1. The zero-order chi connectivity index (χ0) is 13.1. The Morgan fingerprint density at radius 3 is 2.53 bits per heavy atom. The van der Waals surface area contributed by atoms with E-state index in [-0.39, 0.29) is 11.3 Å². The molecule has 3 heteroatoms. The lowest BCUT2D eigenvalue weighted by Gasteiger charge is -2.42. The highest BCUT2D eigenvalue weighted by atomic mass is 16.1. The van der Waals surface area contributed by atoms with Crippen LogP contribution in [0.3, 0.4) is 0 Å². The largest absolute Gasteiger partial charge is 0.357 e. The van der Waals surface area contributed by atoms with Gasteiger partial charge < -0.3 is 10.3 Å². The van der Waals surface area contributed by atoms with E-state index in [0.717, 1.165) is 19.4 Å². The van der Waals surface area contributed by atoms with Crippen molar-refractivity contribution in [2.45, 2.75) is 24.7 Å². The van der Waals surface area contributed by atoms with Crippen molar-refractivity contribution in [1.82, 2.24) is 10.3 Å². The first-order valence-corrected chi connectivity index (χ1v) is 6.77. The first kappa shape index (κ1) is 12.0. The van der Waals surface area contributed by atoms with Crippen molar-refractivity contribution in [3.8, 4) is 0 Å². The molecule has 0 bridgehead atoms. The van der Waals surface area contributed by atoms with Gasteiger partial charge in [0.1, 0.15) is 5.69 Å². The maximum absolute atomic E-state index is 12.0. The molecule has 1 aliphatic rings. The van der Waals surface area contributed by atoms with Crippen molar-refractivity contribution in [3.05, 3.63) is 59.9 Å². The molecule has 3 rings (SSSR count). The van der Waals surface area contributed by atoms with Gasteiger partial charge in [0.15, 0.2) is 0 Å². The number of aromatic nitrogens is 1. The smallest absolute Gasteiger partial charge is 0.267 e. The molecule has 98 valence electrons. The van der Waals surface area contributed by atoms with Crippen molar-refractivity contribution in [2.24, 2.45) is 0 Å². The second-order valence-corrected chi connectivity index (χ2v) is 5.27. The second kappa shape index (κ2) is 4.92. The summed E-state index contributed by atoms with van der Waals surface area (Å²) in [4.78, 5) is 14.9. The minimum absolute atomic E-state index is 0.0211. The van der Waals surface area contributed by atoms with Gasteiger partial charge in [-0.25, -0.2) is 0 Å². The highest BCUT2D eigenvalue weighted by Gasteiger charge is 2.38. The Morgan fingerprint density at radius 1 is 1.16 bits per heavy atom. The van der Waals surface area contributed by atoms with Gasteiger partial charge in [0.05, 0.1) is 0 Å². The zero-order valence-electron chi connectivity index (χ0n) is 10.9. The van der Waals surface area contributed by atoms with Crippen LogP contribution in [0.25, 0.3) is 0 Å². The summed E-state index contributed by atoms with van der Waals surface area (Å²) in [5.41, 5.74) is 2.11. The molecule has 1 aromatic heterocycles. The summed E-state index contributed by atoms with van der Waals surface area (Å²) >= 11 is 0. The Morgan fingerprint density at radius 2 is 1.95 bits per heavy atom. The Hall–Kier alpha value is -2.03. The van der Waals surface area contributed by atoms with E-state index >= 15 is 0 Å². The van der Waals surface area contributed by atoms with Crippen LogP contribution in [-0.4, -0.2) is 17.4 Å². The first-order chi connectivity index (χ1) is 9.30. The highest BCUT2D eigenvalue weighted by molar-refractivity contribution is 5.92. The van der Waals surface area contributed by atoms with E-state index in [4.69, 9.17) is 0 Å². The van der Waals surface area contributed by atoms with Gasteiger partial charge in [0.25, 0.3) is 5.91 Å². The van der Waals surface area contributed by atoms with E-state index < -0.39 is 0 Å². The van der Waals surface area contributed by atoms with Gasteiger partial charge in [-0.15, -0.1) is 0 Å². The molecule has 19 heavy (non-hydrogen) atoms. The fourth-order valence-corrected chi connectivity index (χ4v) is 2.78. The Kier molecular flexibility index (Phi) is 3.11. The van der Waals surface area contributed by atoms with Crippen LogP contribution in [0.2, 0.25) is 0 Å². The molecule has 0 unspecified atom stereocenters. The molecular weight excluding hydrogens is 236 g/mol. The van der Waals surface area contributed by atoms with E-state index in [1.165, 1.54) is 12.0 Å². The number of nitrogens with one attached hydrogen (secondary N) is 2. The van der Waals surface area contributed by atoms with Crippen LogP contribution >= 0.6 is 0 Å². The summed E-state index contributed by atoms with van der Waals surface area (Å²) in [6.07, 6.45) is 5.32. The Bertz CT molecular complexity index is 541. The number of carbonyl (C=O) groups excluding carboxylic acids is 1. The van der Waals surface area contributed by atoms with Crippen molar-refractivity contribution < 1.29 is 4.79 Å². The van der Waals surface area contributed by atoms with Crippen LogP contribution in [-0.2, 0) is 5.41 Å². The Labute approximate surface area is 113 Å². The van der Waals surface area contributed by atoms with Gasteiger partial charge in [0, 0.05) is 18.2 Å². The number of rotatable bonds is 4. The van der Waals surface area contributed by atoms with Crippen LogP contribution < -0.4 is 5.32 Å². The van der Waals surface area contributed by atoms with Crippen LogP contribution in [0.15, 0.2) is 48.7 Å². The van der Waals surface area contributed by atoms with Gasteiger partial charge >= 0.3 is 0 Å². The molecule has 1 fully saturated rings. The number of H-pyrrole nitrogens is 1. The summed E-state index contributed by atoms with van der Waals surface area (Å²) in [5, 5.41) is 3.06. The first-order valence-electron chi connectivity index (χ1n) is 6.77. The minimum atomic E-state index is -0.0211. The van der Waals surface area contributed by atoms with Crippen molar-refractivity contribution in [2.75, 3.05) is 6.54 Å². The molecule has 1 heterocycles. The lowest BCUT2D eigenvalue weighted by Crippen LogP contribution is -2.45. The molecule has 0 radical (unpaired) electrons. The third-order valence-corrected chi connectivity index (χ3v) is 4.13. The van der Waals surface area contributed by atoms with Gasteiger partial charge in [-0.1, -0.05) is 36.8 Å². The molecule has 1 saturated carbocycles. The van der Waals surface area contributed by atoms with E-state index in [2.05, 4.69) is 34.6 Å². The molecule has 1 amide bonds. The lowest BCUT2D eigenvalue weighted by molar-refractivity contribution is 0.0923. The number of aromatic amines is 1. The van der Waals surface area contributed by atoms with Crippen LogP contribution in [0.4, 0.5) is 0 Å². The average Bonchev–Trinajstić information content (AvgIpc) is 2.92. The van der Waals surface area contributed by atoms with E-state index in [0.29, 0.717) is 5.69 Å². The fourth-order valence-electron chi connectivity index (χ4n) is 2.78. The minimum Gasteiger partial charge on any atom is -0.357 e. The maximum atomic E-state index is 12.0. The molecule has 0 saturated heterocycles. The summed E-state index contributed by atoms with van der Waals surface area (Å²) in [5.74, 6) is -0.0211. The zero-order valence-corrected chi connectivity index (χ0v) is 10.9. The molecule has 0 atom stereocenters. The molecular formula is C16H18N2O. The SMILES string of the molecule is O=C(NCC1(c2ccccc2)CCC1)c1ccc[nH]1. The van der Waals surface area contributed by atoms with Gasteiger partial charge in [-0.05, 0) is 30.5 Å². The van der Waals surface area contributed by atoms with E-state index in [1.54, 1.807) is 12.3 Å². The third kappa shape index (κ3) is 2.28. The van der Waals surface area contributed by atoms with Crippen molar-refractivity contribution >= 4 is 5.91 Å². The Balaban J connectivity index is 1.69. The van der Waals surface area contributed by atoms with E-state index in [1.807, 2.05) is 12.1 Å². The number of amides is 1. The quantitative estimate of drug-likeness (QED) is 0.865. The predicted molar refractivity (Wildman–Crippen MR) is 75.1 cm³/mol. The van der Waals surface area contributed by atoms with Crippen molar-refractivity contribution in [1.29, 1.82) is 0 Å². The molecule has 0 spiro atoms. The standard InChI is InChI=1S/C16H18N2O/c19-15(14-8-4-11-17-14)18-12-16(9-5-10-16)13-6-2-1-3-7-13/h1-4,6-8,11,17H,5,9-10,12H2,(H,18,19). The third-order valence-electron chi connectivity index (χ3n) is 4.13. The molecule has 2 aromatic rings. The molecule has 2 N–H and O–H groups in total. The summed E-state index contributed by atoms with van der Waals surface area (Å²) < 4.78 is 0. The molecule has 1 aromatic carbocycles. The normalized spacial score (nSPS) is 16.6. The van der Waals surface area contributed by atoms with Crippen LogP contribution in [0, 0.1) is 0 Å². The van der Waals surface area contributed by atoms with E-state index in [9.17, 15) is 4.79 Å². The number of benzene rings is 1. The predicted octanol–water partition coefficient (Wildman–Crippen LogP) is 2.87. The van der Waals surface area contributed by atoms with Crippen LogP contribution in [0.1, 0.15) is 35.3 Å². The summed E-state index contributed by atoms with van der Waals surface area (Å²) in [6.45, 7) is 0.717. The summed E-state index contributed by atoms with van der Waals surface area (Å²) in [6, 6.07) is 14.1. The lowest BCUT2D eigenvalue weighted by atomic mass is 9.64. The fraction of sp³-hybridized carbons (Fsp3) is 0.312. The number of hydrogen-bond acceptors (Lipinski definition) is 1.